The Morgan fingerprint density at radius 1 is 1.25 bits per heavy atom. The summed E-state index contributed by atoms with van der Waals surface area (Å²) in [6.45, 7) is 3.31. The third kappa shape index (κ3) is 3.56. The van der Waals surface area contributed by atoms with Gasteiger partial charge in [-0.1, -0.05) is 19.1 Å². The molecule has 2 heterocycles. The van der Waals surface area contributed by atoms with Crippen LogP contribution < -0.4 is 5.32 Å². The predicted octanol–water partition coefficient (Wildman–Crippen LogP) is 1.16. The zero-order chi connectivity index (χ0) is 20.6. The number of imide groups is 1. The minimum atomic E-state index is -1.40. The maximum absolute atomic E-state index is 13.2. The third-order valence-corrected chi connectivity index (χ3v) is 5.35. The third-order valence-electron chi connectivity index (χ3n) is 5.35. The van der Waals surface area contributed by atoms with Crippen LogP contribution in [-0.4, -0.2) is 58.4 Å². The van der Waals surface area contributed by atoms with Crippen LogP contribution in [0, 0.1) is 17.7 Å². The molecule has 8 nitrogen and oxygen atoms in total. The highest BCUT2D eigenvalue weighted by molar-refractivity contribution is 6.09. The van der Waals surface area contributed by atoms with E-state index in [9.17, 15) is 28.7 Å². The summed E-state index contributed by atoms with van der Waals surface area (Å²) in [7, 11) is 0. The number of carboxylic acids is 1. The highest BCUT2D eigenvalue weighted by atomic mass is 19.1. The van der Waals surface area contributed by atoms with Gasteiger partial charge in [0.1, 0.15) is 17.9 Å². The normalized spacial score (nSPS) is 27.7. The number of amides is 4. The molecular weight excluding hydrogens is 369 g/mol. The molecule has 0 spiro atoms. The number of halogens is 1. The number of likely N-dealkylation sites (tertiary alicyclic amines) is 1. The summed E-state index contributed by atoms with van der Waals surface area (Å²) in [4.78, 5) is 51.4. The van der Waals surface area contributed by atoms with Gasteiger partial charge in [-0.25, -0.2) is 9.18 Å². The Labute approximate surface area is 161 Å². The number of benzene rings is 1. The van der Waals surface area contributed by atoms with Gasteiger partial charge in [-0.15, -0.1) is 0 Å². The summed E-state index contributed by atoms with van der Waals surface area (Å²) < 4.78 is 13.2. The number of carbonyl (C=O) groups excluding carboxylic acids is 3. The number of urea groups is 1. The van der Waals surface area contributed by atoms with Crippen LogP contribution in [-0.2, 0) is 19.9 Å². The monoisotopic (exact) mass is 391 g/mol. The SMILES string of the molecule is CC1CC(C(=O)O)CN(C(=O)CN2C(=O)NC(C)(c3ccc(F)cc3)C2=O)C1. The molecule has 2 aliphatic rings. The van der Waals surface area contributed by atoms with Gasteiger partial charge in [-0.2, -0.15) is 0 Å². The first kappa shape index (κ1) is 19.8. The fourth-order valence-electron chi connectivity index (χ4n) is 3.79. The van der Waals surface area contributed by atoms with Crippen LogP contribution >= 0.6 is 0 Å². The summed E-state index contributed by atoms with van der Waals surface area (Å²) in [6.07, 6.45) is 0.477. The molecule has 2 N–H and O–H groups in total. The number of nitrogens with one attached hydrogen (secondary N) is 1. The van der Waals surface area contributed by atoms with Gasteiger partial charge in [0.05, 0.1) is 5.92 Å². The molecule has 2 fully saturated rings. The Bertz CT molecular complexity index is 827. The molecule has 1 aromatic carbocycles. The van der Waals surface area contributed by atoms with E-state index in [4.69, 9.17) is 0 Å². The first-order chi connectivity index (χ1) is 13.1. The van der Waals surface area contributed by atoms with E-state index in [1.54, 1.807) is 0 Å². The van der Waals surface area contributed by atoms with Crippen molar-refractivity contribution in [3.05, 3.63) is 35.6 Å². The van der Waals surface area contributed by atoms with Crippen molar-refractivity contribution in [1.29, 1.82) is 0 Å². The lowest BCUT2D eigenvalue weighted by Crippen LogP contribution is -2.50. The van der Waals surface area contributed by atoms with Crippen LogP contribution in [0.15, 0.2) is 24.3 Å². The van der Waals surface area contributed by atoms with Crippen molar-refractivity contribution < 1.29 is 28.7 Å². The number of nitrogens with zero attached hydrogens (tertiary/aromatic N) is 2. The van der Waals surface area contributed by atoms with Crippen LogP contribution in [0.4, 0.5) is 9.18 Å². The summed E-state index contributed by atoms with van der Waals surface area (Å²) >= 11 is 0. The second-order valence-corrected chi connectivity index (χ2v) is 7.63. The van der Waals surface area contributed by atoms with Crippen molar-refractivity contribution in [3.8, 4) is 0 Å². The van der Waals surface area contributed by atoms with Crippen LogP contribution in [0.2, 0.25) is 0 Å². The van der Waals surface area contributed by atoms with Crippen molar-refractivity contribution in [1.82, 2.24) is 15.1 Å². The second-order valence-electron chi connectivity index (χ2n) is 7.63. The van der Waals surface area contributed by atoms with Crippen molar-refractivity contribution in [2.75, 3.05) is 19.6 Å². The topological polar surface area (TPSA) is 107 Å². The highest BCUT2D eigenvalue weighted by Crippen LogP contribution is 2.29. The van der Waals surface area contributed by atoms with E-state index in [1.165, 1.54) is 36.1 Å². The van der Waals surface area contributed by atoms with Gasteiger partial charge < -0.3 is 15.3 Å². The van der Waals surface area contributed by atoms with Gasteiger partial charge in [0.25, 0.3) is 5.91 Å². The van der Waals surface area contributed by atoms with Crippen LogP contribution in [0.25, 0.3) is 0 Å². The molecule has 3 atom stereocenters. The first-order valence-corrected chi connectivity index (χ1v) is 9.02. The Morgan fingerprint density at radius 2 is 1.89 bits per heavy atom. The average molecular weight is 391 g/mol. The smallest absolute Gasteiger partial charge is 0.325 e. The lowest BCUT2D eigenvalue weighted by molar-refractivity contribution is -0.148. The van der Waals surface area contributed by atoms with Gasteiger partial charge in [0, 0.05) is 13.1 Å². The maximum Gasteiger partial charge on any atom is 0.325 e. The first-order valence-electron chi connectivity index (χ1n) is 9.02. The molecule has 28 heavy (non-hydrogen) atoms. The van der Waals surface area contributed by atoms with E-state index < -0.39 is 47.6 Å². The molecule has 0 bridgehead atoms. The van der Waals surface area contributed by atoms with Gasteiger partial charge in [-0.3, -0.25) is 19.3 Å². The molecule has 2 saturated heterocycles. The predicted molar refractivity (Wildman–Crippen MR) is 95.5 cm³/mol. The van der Waals surface area contributed by atoms with Crippen molar-refractivity contribution in [2.45, 2.75) is 25.8 Å². The number of carbonyl (C=O) groups is 4. The van der Waals surface area contributed by atoms with Gasteiger partial charge >= 0.3 is 12.0 Å². The Balaban J connectivity index is 1.74. The highest BCUT2D eigenvalue weighted by Gasteiger charge is 2.50. The largest absolute Gasteiger partial charge is 0.481 e. The van der Waals surface area contributed by atoms with Gasteiger partial charge in [0.15, 0.2) is 0 Å². The summed E-state index contributed by atoms with van der Waals surface area (Å²) in [5.74, 6) is -3.19. The van der Waals surface area contributed by atoms with E-state index in [0.29, 0.717) is 18.5 Å². The molecule has 0 aromatic heterocycles. The maximum atomic E-state index is 13.2. The van der Waals surface area contributed by atoms with Gasteiger partial charge in [-0.05, 0) is 37.0 Å². The summed E-state index contributed by atoms with van der Waals surface area (Å²) in [5, 5.41) is 11.8. The lowest BCUT2D eigenvalue weighted by Gasteiger charge is -2.35. The zero-order valence-corrected chi connectivity index (χ0v) is 15.6. The fraction of sp³-hybridized carbons (Fsp3) is 0.474. The number of rotatable bonds is 4. The summed E-state index contributed by atoms with van der Waals surface area (Å²) in [5.41, 5.74) is -0.996. The number of aliphatic carboxylic acids is 1. The molecule has 2 aliphatic heterocycles. The van der Waals surface area contributed by atoms with Crippen LogP contribution in [0.1, 0.15) is 25.8 Å². The standard InChI is InChI=1S/C19H22FN3O5/c1-11-7-12(16(25)26)9-22(8-11)15(24)10-23-17(27)19(2,21-18(23)28)13-3-5-14(20)6-4-13/h3-6,11-12H,7-10H2,1-2H3,(H,21,28)(H,25,26). The van der Waals surface area contributed by atoms with Crippen LogP contribution in [0.5, 0.6) is 0 Å². The lowest BCUT2D eigenvalue weighted by atomic mass is 9.90. The van der Waals surface area contributed by atoms with Crippen molar-refractivity contribution >= 4 is 23.8 Å². The Kier molecular flexibility index (Phi) is 5.10. The Morgan fingerprint density at radius 3 is 2.50 bits per heavy atom. The van der Waals surface area contributed by atoms with Gasteiger partial charge in [0.2, 0.25) is 5.91 Å². The molecule has 0 saturated carbocycles. The number of hydrogen-bond donors (Lipinski definition) is 2. The number of carboxylic acid groups (broad SMARTS) is 1. The van der Waals surface area contributed by atoms with E-state index in [2.05, 4.69) is 5.32 Å². The van der Waals surface area contributed by atoms with E-state index in [1.807, 2.05) is 6.92 Å². The number of hydrogen-bond acceptors (Lipinski definition) is 4. The minimum Gasteiger partial charge on any atom is -0.481 e. The van der Waals surface area contributed by atoms with Crippen LogP contribution in [0.3, 0.4) is 0 Å². The van der Waals surface area contributed by atoms with Crippen molar-refractivity contribution in [2.24, 2.45) is 11.8 Å². The molecule has 0 radical (unpaired) electrons. The minimum absolute atomic E-state index is 0.00591. The Hall–Kier alpha value is -2.97. The molecule has 150 valence electrons. The molecular formula is C19H22FN3O5. The molecule has 0 aliphatic carbocycles. The number of piperidine rings is 1. The zero-order valence-electron chi connectivity index (χ0n) is 15.6. The average Bonchev–Trinajstić information content (AvgIpc) is 2.85. The molecule has 1 aromatic rings. The fourth-order valence-corrected chi connectivity index (χ4v) is 3.79. The molecule has 4 amide bonds. The molecule has 3 rings (SSSR count). The second kappa shape index (κ2) is 7.21. The molecule has 3 unspecified atom stereocenters. The quantitative estimate of drug-likeness (QED) is 0.749. The van der Waals surface area contributed by atoms with E-state index >= 15 is 0 Å². The van der Waals surface area contributed by atoms with Crippen molar-refractivity contribution in [3.63, 3.8) is 0 Å². The molecule has 9 heteroatoms. The summed E-state index contributed by atoms with van der Waals surface area (Å²) in [6, 6.07) is 4.47. The van der Waals surface area contributed by atoms with E-state index in [-0.39, 0.29) is 12.5 Å². The van der Waals surface area contributed by atoms with E-state index in [0.717, 1.165) is 4.90 Å².